The Morgan fingerprint density at radius 2 is 1.15 bits per heavy atom. The first kappa shape index (κ1) is 32.9. The van der Waals surface area contributed by atoms with Crippen molar-refractivity contribution in [3.63, 3.8) is 0 Å². The van der Waals surface area contributed by atoms with Gasteiger partial charge in [0.25, 0.3) is 11.1 Å². The van der Waals surface area contributed by atoms with Crippen LogP contribution in [0.25, 0.3) is 0 Å². The predicted octanol–water partition coefficient (Wildman–Crippen LogP) is 4.95. The van der Waals surface area contributed by atoms with Crippen molar-refractivity contribution in [2.24, 2.45) is 0 Å². The second kappa shape index (κ2) is 16.7. The summed E-state index contributed by atoms with van der Waals surface area (Å²) in [6.45, 7) is 0. The zero-order valence-corrected chi connectivity index (χ0v) is 25.3. The number of carbonyl (C=O) groups is 4. The number of nitrogens with one attached hydrogen (secondary N) is 1. The molecule has 0 radical (unpaired) electrons. The maximum Gasteiger partial charge on any atom is 0.360 e. The molecular formula is C26H21Br2ClN6O6. The third-order valence-electron chi connectivity index (χ3n) is 4.59. The van der Waals surface area contributed by atoms with Crippen molar-refractivity contribution in [3.8, 4) is 0 Å². The highest BCUT2D eigenvalue weighted by molar-refractivity contribution is 9.10. The number of rotatable bonds is 5. The van der Waals surface area contributed by atoms with Gasteiger partial charge in [-0.3, -0.25) is 9.59 Å². The molecular weight excluding hydrogens is 688 g/mol. The lowest BCUT2D eigenvalue weighted by Gasteiger charge is -2.07. The molecule has 2 aromatic heterocycles. The number of esters is 2. The van der Waals surface area contributed by atoms with Crippen LogP contribution < -0.4 is 11.1 Å². The molecule has 12 nitrogen and oxygen atoms in total. The van der Waals surface area contributed by atoms with Crippen molar-refractivity contribution in [2.45, 2.75) is 0 Å². The minimum Gasteiger partial charge on any atom is -0.464 e. The van der Waals surface area contributed by atoms with Gasteiger partial charge in [-0.05, 0) is 60.1 Å². The summed E-state index contributed by atoms with van der Waals surface area (Å²) in [7, 11) is 2.49. The van der Waals surface area contributed by atoms with Crippen LogP contribution in [-0.2, 0) is 9.47 Å². The Hall–Kier alpha value is -4.27. The number of methoxy groups -OCH3 is 2. The lowest BCUT2D eigenvalue weighted by Crippen LogP contribution is -2.17. The van der Waals surface area contributed by atoms with Gasteiger partial charge in [0.15, 0.2) is 23.0 Å². The molecule has 41 heavy (non-hydrogen) atoms. The van der Waals surface area contributed by atoms with Gasteiger partial charge in [-0.1, -0.05) is 31.9 Å². The van der Waals surface area contributed by atoms with Crippen LogP contribution in [0, 0.1) is 0 Å². The fourth-order valence-corrected chi connectivity index (χ4v) is 3.29. The molecule has 0 unspecified atom stereocenters. The van der Waals surface area contributed by atoms with Gasteiger partial charge < -0.3 is 20.5 Å². The Bertz CT molecular complexity index is 1510. The van der Waals surface area contributed by atoms with Crippen LogP contribution in [0.2, 0.25) is 0 Å². The number of halogens is 3. The summed E-state index contributed by atoms with van der Waals surface area (Å²) in [5.74, 6) is -1.48. The summed E-state index contributed by atoms with van der Waals surface area (Å²) in [5.41, 5.74) is 6.29. The molecule has 4 aromatic rings. The highest BCUT2D eigenvalue weighted by Crippen LogP contribution is 2.14. The molecule has 0 spiro atoms. The molecule has 0 aliphatic rings. The molecule has 1 amide bonds. The van der Waals surface area contributed by atoms with Crippen LogP contribution in [0.5, 0.6) is 0 Å². The summed E-state index contributed by atoms with van der Waals surface area (Å²) in [4.78, 5) is 60.0. The van der Waals surface area contributed by atoms with Crippen LogP contribution in [0.1, 0.15) is 41.7 Å². The first-order chi connectivity index (χ1) is 19.6. The van der Waals surface area contributed by atoms with Gasteiger partial charge >= 0.3 is 11.9 Å². The van der Waals surface area contributed by atoms with E-state index in [2.05, 4.69) is 66.6 Å². The van der Waals surface area contributed by atoms with E-state index in [1.54, 1.807) is 48.5 Å². The molecule has 0 aliphatic heterocycles. The Labute approximate surface area is 255 Å². The normalized spacial score (nSPS) is 9.59. The quantitative estimate of drug-likeness (QED) is 0.212. The summed E-state index contributed by atoms with van der Waals surface area (Å²) < 4.78 is 10.8. The van der Waals surface area contributed by atoms with Crippen molar-refractivity contribution in [2.75, 3.05) is 25.3 Å². The molecule has 0 fully saturated rings. The molecule has 0 bridgehead atoms. The fraction of sp³-hybridized carbons (Fsp3) is 0.0769. The molecule has 0 aliphatic carbocycles. The highest BCUT2D eigenvalue weighted by atomic mass is 79.9. The number of nitrogens with zero attached hydrogens (tertiary/aromatic N) is 4. The maximum atomic E-state index is 12.0. The number of carbonyl (C=O) groups excluding carboxylic acids is 4. The van der Waals surface area contributed by atoms with Crippen LogP contribution in [-0.4, -0.2) is 57.2 Å². The Kier molecular flexibility index (Phi) is 13.5. The van der Waals surface area contributed by atoms with Gasteiger partial charge in [-0.2, -0.15) is 0 Å². The van der Waals surface area contributed by atoms with E-state index in [1.807, 2.05) is 0 Å². The van der Waals surface area contributed by atoms with Crippen molar-refractivity contribution in [3.05, 3.63) is 105 Å². The number of nitrogen functional groups attached to an aromatic ring is 1. The van der Waals surface area contributed by atoms with Crippen molar-refractivity contribution >= 4 is 78.2 Å². The van der Waals surface area contributed by atoms with E-state index in [0.717, 1.165) is 8.95 Å². The standard InChI is InChI=1S/C13H10BrN3O3.C7H4BrClO.C6H7N3O2/c1-20-13(19)10-11(16-7-6-15-10)17-12(18)8-2-4-9(14)5-3-8;8-6-3-1-5(2-4-6)7(9)10;1-11-6(10)4-5(7)9-3-2-8-4/h2-7H,1H3,(H,16,17,18);1-4H;2-3H,1H3,(H2,7,9). The molecule has 2 heterocycles. The molecule has 0 saturated carbocycles. The van der Waals surface area contributed by atoms with Crippen molar-refractivity contribution in [1.29, 1.82) is 0 Å². The lowest BCUT2D eigenvalue weighted by atomic mass is 10.2. The van der Waals surface area contributed by atoms with E-state index in [0.29, 0.717) is 11.1 Å². The Morgan fingerprint density at radius 3 is 1.63 bits per heavy atom. The fourth-order valence-electron chi connectivity index (χ4n) is 2.64. The third kappa shape index (κ3) is 10.7. The third-order valence-corrected chi connectivity index (χ3v) is 5.87. The maximum absolute atomic E-state index is 12.0. The topological polar surface area (TPSA) is 176 Å². The van der Waals surface area contributed by atoms with Gasteiger partial charge in [0.05, 0.1) is 14.2 Å². The Balaban J connectivity index is 0.000000236. The zero-order chi connectivity index (χ0) is 30.4. The van der Waals surface area contributed by atoms with E-state index < -0.39 is 17.2 Å². The SMILES string of the molecule is COC(=O)c1nccnc1N.COC(=O)c1nccnc1NC(=O)c1ccc(Br)cc1.O=C(Cl)c1ccc(Br)cc1. The summed E-state index contributed by atoms with van der Waals surface area (Å²) >= 11 is 11.7. The van der Waals surface area contributed by atoms with E-state index >= 15 is 0 Å². The van der Waals surface area contributed by atoms with Crippen LogP contribution in [0.3, 0.4) is 0 Å². The second-order valence-corrected chi connectivity index (χ2v) is 9.44. The summed E-state index contributed by atoms with van der Waals surface area (Å²) in [5, 5.41) is 2.11. The van der Waals surface area contributed by atoms with Crippen LogP contribution in [0.15, 0.2) is 82.3 Å². The monoisotopic (exact) mass is 706 g/mol. The molecule has 0 saturated heterocycles. The second-order valence-electron chi connectivity index (χ2n) is 7.27. The van der Waals surface area contributed by atoms with Gasteiger partial charge in [0.2, 0.25) is 0 Å². The average molecular weight is 709 g/mol. The van der Waals surface area contributed by atoms with E-state index in [-0.39, 0.29) is 28.9 Å². The molecule has 15 heteroatoms. The average Bonchev–Trinajstić information content (AvgIpc) is 2.98. The van der Waals surface area contributed by atoms with E-state index in [9.17, 15) is 19.2 Å². The Morgan fingerprint density at radius 1 is 0.707 bits per heavy atom. The minimum atomic E-state index is -0.663. The number of aromatic nitrogens is 4. The van der Waals surface area contributed by atoms with Gasteiger partial charge in [-0.25, -0.2) is 29.5 Å². The molecule has 212 valence electrons. The smallest absolute Gasteiger partial charge is 0.360 e. The first-order valence-corrected chi connectivity index (χ1v) is 13.1. The van der Waals surface area contributed by atoms with Crippen LogP contribution >= 0.6 is 43.5 Å². The number of hydrogen-bond acceptors (Lipinski definition) is 11. The number of amides is 1. The minimum absolute atomic E-state index is 0.0412. The molecule has 3 N–H and O–H groups in total. The first-order valence-electron chi connectivity index (χ1n) is 11.1. The van der Waals surface area contributed by atoms with Gasteiger partial charge in [-0.15, -0.1) is 0 Å². The lowest BCUT2D eigenvalue weighted by molar-refractivity contribution is 0.0586. The molecule has 4 rings (SSSR count). The number of hydrogen-bond donors (Lipinski definition) is 2. The number of benzene rings is 2. The van der Waals surface area contributed by atoms with Crippen molar-refractivity contribution < 1.29 is 28.7 Å². The van der Waals surface area contributed by atoms with Gasteiger partial charge in [0, 0.05) is 44.9 Å². The van der Waals surface area contributed by atoms with Crippen LogP contribution in [0.4, 0.5) is 11.6 Å². The molecule has 2 aromatic carbocycles. The molecule has 0 atom stereocenters. The zero-order valence-electron chi connectivity index (χ0n) is 21.4. The van der Waals surface area contributed by atoms with E-state index in [4.69, 9.17) is 17.3 Å². The number of nitrogens with two attached hydrogens (primary N) is 1. The number of ether oxygens (including phenoxy) is 2. The van der Waals surface area contributed by atoms with Gasteiger partial charge in [0.1, 0.15) is 0 Å². The predicted molar refractivity (Wildman–Crippen MR) is 158 cm³/mol. The number of anilines is 2. The van der Waals surface area contributed by atoms with E-state index in [1.165, 1.54) is 39.0 Å². The van der Waals surface area contributed by atoms with Crippen molar-refractivity contribution in [1.82, 2.24) is 19.9 Å². The largest absolute Gasteiger partial charge is 0.464 e. The summed E-state index contributed by atoms with van der Waals surface area (Å²) in [6.07, 6.45) is 5.51. The highest BCUT2D eigenvalue weighted by Gasteiger charge is 2.17. The summed E-state index contributed by atoms with van der Waals surface area (Å²) in [6, 6.07) is 13.7.